The first-order valence-electron chi connectivity index (χ1n) is 6.30. The van der Waals surface area contributed by atoms with E-state index in [0.29, 0.717) is 10.0 Å². The number of rotatable bonds is 3. The maximum absolute atomic E-state index is 12.1. The van der Waals surface area contributed by atoms with Crippen LogP contribution >= 0.6 is 34.5 Å². The van der Waals surface area contributed by atoms with Crippen LogP contribution < -0.4 is 5.73 Å². The number of nitrogen functional groups attached to an aromatic ring is 1. The molecule has 3 aromatic rings. The topological polar surface area (TPSA) is 65.2 Å². The standard InChI is InChI=1S/C15H10Cl2N2O2S/c16-8-5-9(14(18)10(17)6-8)15(20)21-7-13-19-11-3-1-2-4-12(11)22-13/h1-6H,7,18H2. The summed E-state index contributed by atoms with van der Waals surface area (Å²) in [6.45, 7) is 0.0712. The molecular formula is C15H10Cl2N2O2S. The second-order valence-corrected chi connectivity index (χ2v) is 6.46. The molecule has 0 saturated heterocycles. The number of aromatic nitrogens is 1. The fourth-order valence-electron chi connectivity index (χ4n) is 1.94. The van der Waals surface area contributed by atoms with Crippen molar-refractivity contribution >= 4 is 56.4 Å². The largest absolute Gasteiger partial charge is 0.455 e. The van der Waals surface area contributed by atoms with Crippen LogP contribution in [0, 0.1) is 0 Å². The van der Waals surface area contributed by atoms with Gasteiger partial charge in [-0.15, -0.1) is 11.3 Å². The smallest absolute Gasteiger partial charge is 0.340 e. The van der Waals surface area contributed by atoms with Crippen LogP contribution in [0.25, 0.3) is 10.2 Å². The molecular weight excluding hydrogens is 343 g/mol. The Kier molecular flexibility index (Phi) is 4.20. The number of thiazole rings is 1. The Morgan fingerprint density at radius 3 is 2.82 bits per heavy atom. The van der Waals surface area contributed by atoms with Gasteiger partial charge in [0.05, 0.1) is 26.5 Å². The zero-order valence-corrected chi connectivity index (χ0v) is 13.5. The fourth-order valence-corrected chi connectivity index (χ4v) is 3.31. The highest BCUT2D eigenvalue weighted by Crippen LogP contribution is 2.28. The molecule has 0 aliphatic rings. The Hall–Kier alpha value is -1.82. The average molecular weight is 353 g/mol. The second kappa shape index (κ2) is 6.12. The number of ether oxygens (including phenoxy) is 1. The molecule has 0 unspecified atom stereocenters. The van der Waals surface area contributed by atoms with Gasteiger partial charge in [-0.05, 0) is 24.3 Å². The molecule has 0 aliphatic heterocycles. The molecule has 2 aromatic carbocycles. The third kappa shape index (κ3) is 3.02. The first-order valence-corrected chi connectivity index (χ1v) is 7.88. The lowest BCUT2D eigenvalue weighted by atomic mass is 10.2. The Balaban J connectivity index is 1.77. The van der Waals surface area contributed by atoms with Crippen LogP contribution in [-0.4, -0.2) is 11.0 Å². The van der Waals surface area contributed by atoms with Crippen molar-refractivity contribution in [2.24, 2.45) is 0 Å². The Labute approximate surface area is 140 Å². The van der Waals surface area contributed by atoms with E-state index in [1.807, 2.05) is 24.3 Å². The summed E-state index contributed by atoms with van der Waals surface area (Å²) in [5, 5.41) is 1.26. The van der Waals surface area contributed by atoms with Crippen molar-refractivity contribution in [1.82, 2.24) is 4.98 Å². The van der Waals surface area contributed by atoms with E-state index in [9.17, 15) is 4.79 Å². The van der Waals surface area contributed by atoms with Crippen LogP contribution in [0.3, 0.4) is 0 Å². The van der Waals surface area contributed by atoms with Gasteiger partial charge in [0.15, 0.2) is 0 Å². The summed E-state index contributed by atoms with van der Waals surface area (Å²) in [7, 11) is 0. The highest BCUT2D eigenvalue weighted by molar-refractivity contribution is 7.18. The summed E-state index contributed by atoms with van der Waals surface area (Å²) in [6.07, 6.45) is 0. The highest BCUT2D eigenvalue weighted by atomic mass is 35.5. The molecule has 3 rings (SSSR count). The Morgan fingerprint density at radius 2 is 2.05 bits per heavy atom. The molecule has 0 spiro atoms. The number of nitrogens with two attached hydrogens (primary N) is 1. The van der Waals surface area contributed by atoms with E-state index < -0.39 is 5.97 Å². The molecule has 2 N–H and O–H groups in total. The number of para-hydroxylation sites is 1. The number of carbonyl (C=O) groups excluding carboxylic acids is 1. The van der Waals surface area contributed by atoms with Gasteiger partial charge in [0, 0.05) is 5.02 Å². The molecule has 1 heterocycles. The van der Waals surface area contributed by atoms with Crippen molar-refractivity contribution in [1.29, 1.82) is 0 Å². The SMILES string of the molecule is Nc1c(Cl)cc(Cl)cc1C(=O)OCc1nc2ccccc2s1. The predicted molar refractivity (Wildman–Crippen MR) is 89.6 cm³/mol. The number of hydrogen-bond acceptors (Lipinski definition) is 5. The van der Waals surface area contributed by atoms with E-state index in [0.717, 1.165) is 10.2 Å². The number of benzene rings is 2. The van der Waals surface area contributed by atoms with E-state index in [-0.39, 0.29) is 22.9 Å². The third-order valence-corrected chi connectivity index (χ3v) is 4.52. The van der Waals surface area contributed by atoms with Crippen molar-refractivity contribution in [3.05, 3.63) is 57.0 Å². The van der Waals surface area contributed by atoms with Gasteiger partial charge in [-0.1, -0.05) is 35.3 Å². The van der Waals surface area contributed by atoms with Crippen LogP contribution in [0.2, 0.25) is 10.0 Å². The molecule has 0 aliphatic carbocycles. The monoisotopic (exact) mass is 352 g/mol. The molecule has 0 bridgehead atoms. The van der Waals surface area contributed by atoms with Crippen molar-refractivity contribution in [2.45, 2.75) is 6.61 Å². The number of carbonyl (C=O) groups is 1. The Bertz CT molecular complexity index is 831. The summed E-state index contributed by atoms with van der Waals surface area (Å²) in [4.78, 5) is 16.5. The highest BCUT2D eigenvalue weighted by Gasteiger charge is 2.16. The summed E-state index contributed by atoms with van der Waals surface area (Å²) in [6, 6.07) is 10.6. The summed E-state index contributed by atoms with van der Waals surface area (Å²) >= 11 is 13.3. The van der Waals surface area contributed by atoms with Gasteiger partial charge in [-0.2, -0.15) is 0 Å². The lowest BCUT2D eigenvalue weighted by Crippen LogP contribution is -2.08. The van der Waals surface area contributed by atoms with Gasteiger partial charge in [-0.25, -0.2) is 9.78 Å². The normalized spacial score (nSPS) is 10.8. The number of hydrogen-bond donors (Lipinski definition) is 1. The van der Waals surface area contributed by atoms with Gasteiger partial charge in [0.25, 0.3) is 0 Å². The van der Waals surface area contributed by atoms with Crippen molar-refractivity contribution in [3.8, 4) is 0 Å². The van der Waals surface area contributed by atoms with Crippen molar-refractivity contribution in [3.63, 3.8) is 0 Å². The molecule has 0 fully saturated rings. The summed E-state index contributed by atoms with van der Waals surface area (Å²) in [5.74, 6) is -0.582. The molecule has 0 atom stereocenters. The quantitative estimate of drug-likeness (QED) is 0.554. The lowest BCUT2D eigenvalue weighted by molar-refractivity contribution is 0.0474. The maximum atomic E-state index is 12.1. The fraction of sp³-hybridized carbons (Fsp3) is 0.0667. The minimum Gasteiger partial charge on any atom is -0.455 e. The molecule has 22 heavy (non-hydrogen) atoms. The number of fused-ring (bicyclic) bond motifs is 1. The van der Waals surface area contributed by atoms with E-state index in [1.165, 1.54) is 23.5 Å². The van der Waals surface area contributed by atoms with Crippen LogP contribution in [0.4, 0.5) is 5.69 Å². The van der Waals surface area contributed by atoms with Crippen molar-refractivity contribution < 1.29 is 9.53 Å². The molecule has 0 amide bonds. The molecule has 1 aromatic heterocycles. The molecule has 112 valence electrons. The third-order valence-electron chi connectivity index (χ3n) is 2.98. The van der Waals surface area contributed by atoms with Crippen LogP contribution in [0.15, 0.2) is 36.4 Å². The first kappa shape index (κ1) is 15.1. The van der Waals surface area contributed by atoms with Gasteiger partial charge in [-0.3, -0.25) is 0 Å². The van der Waals surface area contributed by atoms with E-state index in [4.69, 9.17) is 33.7 Å². The van der Waals surface area contributed by atoms with Gasteiger partial charge in [0.2, 0.25) is 0 Å². The van der Waals surface area contributed by atoms with Crippen LogP contribution in [0.1, 0.15) is 15.4 Å². The van der Waals surface area contributed by atoms with Gasteiger partial charge in [0.1, 0.15) is 11.6 Å². The van der Waals surface area contributed by atoms with Crippen LogP contribution in [-0.2, 0) is 11.3 Å². The molecule has 4 nitrogen and oxygen atoms in total. The first-order chi connectivity index (χ1) is 10.5. The minimum absolute atomic E-state index is 0.0712. The van der Waals surface area contributed by atoms with E-state index in [1.54, 1.807) is 0 Å². The second-order valence-electron chi connectivity index (χ2n) is 4.50. The minimum atomic E-state index is -0.582. The van der Waals surface area contributed by atoms with Gasteiger partial charge < -0.3 is 10.5 Å². The van der Waals surface area contributed by atoms with Crippen molar-refractivity contribution in [2.75, 3.05) is 5.73 Å². The zero-order chi connectivity index (χ0) is 15.7. The molecule has 0 saturated carbocycles. The van der Waals surface area contributed by atoms with E-state index >= 15 is 0 Å². The molecule has 0 radical (unpaired) electrons. The van der Waals surface area contributed by atoms with Gasteiger partial charge >= 0.3 is 5.97 Å². The maximum Gasteiger partial charge on any atom is 0.340 e. The Morgan fingerprint density at radius 1 is 1.27 bits per heavy atom. The average Bonchev–Trinajstić information content (AvgIpc) is 2.91. The number of nitrogens with zero attached hydrogens (tertiary/aromatic N) is 1. The number of esters is 1. The lowest BCUT2D eigenvalue weighted by Gasteiger charge is -2.07. The molecule has 7 heteroatoms. The van der Waals surface area contributed by atoms with Crippen LogP contribution in [0.5, 0.6) is 0 Å². The summed E-state index contributed by atoms with van der Waals surface area (Å²) < 4.78 is 6.29. The van der Waals surface area contributed by atoms with E-state index in [2.05, 4.69) is 4.98 Å². The predicted octanol–water partition coefficient (Wildman–Crippen LogP) is 4.54. The summed E-state index contributed by atoms with van der Waals surface area (Å²) in [5.41, 5.74) is 6.96. The zero-order valence-electron chi connectivity index (χ0n) is 11.2. The number of anilines is 1. The number of halogens is 2.